The van der Waals surface area contributed by atoms with Crippen LogP contribution in [0.1, 0.15) is 23.2 Å². The molecule has 1 N–H and O–H groups in total. The summed E-state index contributed by atoms with van der Waals surface area (Å²) >= 11 is 2.91. The second kappa shape index (κ2) is 4.85. The molecule has 0 bridgehead atoms. The van der Waals surface area contributed by atoms with E-state index < -0.39 is 11.2 Å². The first-order valence-electron chi connectivity index (χ1n) is 5.54. The highest BCUT2D eigenvalue weighted by atomic mass is 32.2. The molecule has 0 aliphatic heterocycles. The van der Waals surface area contributed by atoms with E-state index in [-0.39, 0.29) is 0 Å². The van der Waals surface area contributed by atoms with E-state index in [0.717, 1.165) is 20.8 Å². The van der Waals surface area contributed by atoms with Crippen LogP contribution in [-0.4, -0.2) is 26.3 Å². The van der Waals surface area contributed by atoms with Gasteiger partial charge in [0.2, 0.25) is 0 Å². The minimum absolute atomic E-state index is 0.512. The zero-order valence-corrected chi connectivity index (χ0v) is 12.3. The summed E-state index contributed by atoms with van der Waals surface area (Å²) in [5, 5.41) is 10.3. The number of hydrogen-bond donors (Lipinski definition) is 1. The smallest absolute Gasteiger partial charge is 0.316 e. The van der Waals surface area contributed by atoms with Crippen molar-refractivity contribution in [3.8, 4) is 0 Å². The Bertz CT molecular complexity index is 622. The molecule has 1 atom stereocenters. The number of hydrogen-bond acceptors (Lipinski definition) is 5. The first kappa shape index (κ1) is 13.3. The van der Waals surface area contributed by atoms with E-state index in [2.05, 4.69) is 9.97 Å². The van der Waals surface area contributed by atoms with Crippen LogP contribution >= 0.6 is 23.1 Å². The molecule has 0 saturated heterocycles. The normalized spacial score (nSPS) is 12.9. The Morgan fingerprint density at radius 1 is 1.33 bits per heavy atom. The van der Waals surface area contributed by atoms with Crippen molar-refractivity contribution in [1.29, 1.82) is 0 Å². The molecule has 0 saturated carbocycles. The van der Waals surface area contributed by atoms with Crippen LogP contribution in [-0.2, 0) is 4.79 Å². The molecular weight excluding hydrogens is 268 g/mol. The van der Waals surface area contributed by atoms with E-state index in [1.165, 1.54) is 16.6 Å². The standard InChI is InChI=1S/C12H14N2O2S2/c1-5-6(2)17-10-9(5)11(14-8(4)13-10)18-7(3)12(15)16/h7H,1-4H3,(H,15,16). The first-order valence-corrected chi connectivity index (χ1v) is 7.23. The van der Waals surface area contributed by atoms with E-state index in [4.69, 9.17) is 5.11 Å². The molecular formula is C12H14N2O2S2. The van der Waals surface area contributed by atoms with Gasteiger partial charge < -0.3 is 5.11 Å². The number of aromatic nitrogens is 2. The maximum Gasteiger partial charge on any atom is 0.316 e. The van der Waals surface area contributed by atoms with Gasteiger partial charge in [0.25, 0.3) is 0 Å². The van der Waals surface area contributed by atoms with Crippen LogP contribution in [0.2, 0.25) is 0 Å². The minimum Gasteiger partial charge on any atom is -0.480 e. The topological polar surface area (TPSA) is 63.1 Å². The van der Waals surface area contributed by atoms with Crippen LogP contribution in [0.4, 0.5) is 0 Å². The Morgan fingerprint density at radius 2 is 2.00 bits per heavy atom. The highest BCUT2D eigenvalue weighted by Crippen LogP contribution is 2.36. The van der Waals surface area contributed by atoms with E-state index >= 15 is 0 Å². The maximum absolute atomic E-state index is 11.0. The Hall–Kier alpha value is -1.14. The summed E-state index contributed by atoms with van der Waals surface area (Å²) in [7, 11) is 0. The van der Waals surface area contributed by atoms with Crippen LogP contribution in [0.5, 0.6) is 0 Å². The van der Waals surface area contributed by atoms with Crippen molar-refractivity contribution in [1.82, 2.24) is 9.97 Å². The van der Waals surface area contributed by atoms with Crippen LogP contribution in [0.3, 0.4) is 0 Å². The number of carboxylic acids is 1. The average molecular weight is 282 g/mol. The molecule has 2 rings (SSSR count). The SMILES string of the molecule is Cc1nc(SC(C)C(=O)O)c2c(C)c(C)sc2n1. The summed E-state index contributed by atoms with van der Waals surface area (Å²) in [6.07, 6.45) is 0. The Labute approximate surface area is 113 Å². The monoisotopic (exact) mass is 282 g/mol. The third-order valence-corrected chi connectivity index (χ3v) is 4.92. The summed E-state index contributed by atoms with van der Waals surface area (Å²) in [6, 6.07) is 0. The molecule has 0 spiro atoms. The number of nitrogens with zero attached hydrogens (tertiary/aromatic N) is 2. The summed E-state index contributed by atoms with van der Waals surface area (Å²) in [4.78, 5) is 21.9. The molecule has 2 aromatic heterocycles. The largest absolute Gasteiger partial charge is 0.480 e. The van der Waals surface area contributed by atoms with Crippen LogP contribution in [0.15, 0.2) is 5.03 Å². The first-order chi connectivity index (χ1) is 8.40. The number of aryl methyl sites for hydroxylation is 3. The molecule has 0 amide bonds. The van der Waals surface area contributed by atoms with E-state index in [1.54, 1.807) is 18.3 Å². The predicted octanol–water partition coefficient (Wildman–Crippen LogP) is 3.18. The quantitative estimate of drug-likeness (QED) is 0.692. The zero-order chi connectivity index (χ0) is 13.4. The van der Waals surface area contributed by atoms with Crippen LogP contribution in [0.25, 0.3) is 10.2 Å². The fourth-order valence-corrected chi connectivity index (χ4v) is 3.75. The van der Waals surface area contributed by atoms with E-state index in [9.17, 15) is 4.79 Å². The van der Waals surface area contributed by atoms with Gasteiger partial charge in [0.15, 0.2) is 0 Å². The summed E-state index contributed by atoms with van der Waals surface area (Å²) in [6.45, 7) is 7.58. The molecule has 0 aromatic carbocycles. The molecule has 1 unspecified atom stereocenters. The van der Waals surface area contributed by atoms with Crippen molar-refractivity contribution in [3.63, 3.8) is 0 Å². The van der Waals surface area contributed by atoms with Crippen molar-refractivity contribution in [2.45, 2.75) is 38.0 Å². The van der Waals surface area contributed by atoms with Gasteiger partial charge in [-0.2, -0.15) is 0 Å². The number of carbonyl (C=O) groups is 1. The van der Waals surface area contributed by atoms with Crippen molar-refractivity contribution < 1.29 is 9.90 Å². The van der Waals surface area contributed by atoms with Crippen molar-refractivity contribution in [2.24, 2.45) is 0 Å². The molecule has 0 fully saturated rings. The minimum atomic E-state index is -0.825. The molecule has 0 aliphatic rings. The van der Waals surface area contributed by atoms with Crippen LogP contribution < -0.4 is 0 Å². The second-order valence-electron chi connectivity index (χ2n) is 4.14. The van der Waals surface area contributed by atoms with Gasteiger partial charge in [-0.05, 0) is 33.3 Å². The summed E-state index contributed by atoms with van der Waals surface area (Å²) < 4.78 is 0. The van der Waals surface area contributed by atoms with Gasteiger partial charge in [0.05, 0.1) is 0 Å². The average Bonchev–Trinajstić information content (AvgIpc) is 2.54. The molecule has 4 nitrogen and oxygen atoms in total. The predicted molar refractivity (Wildman–Crippen MR) is 74.6 cm³/mol. The lowest BCUT2D eigenvalue weighted by Gasteiger charge is -2.07. The third kappa shape index (κ3) is 2.35. The third-order valence-electron chi connectivity index (χ3n) is 2.74. The number of thioether (sulfide) groups is 1. The van der Waals surface area contributed by atoms with Gasteiger partial charge in [0, 0.05) is 10.3 Å². The molecule has 0 aliphatic carbocycles. The van der Waals surface area contributed by atoms with E-state index in [1.807, 2.05) is 20.8 Å². The Morgan fingerprint density at radius 3 is 2.61 bits per heavy atom. The van der Waals surface area contributed by atoms with Gasteiger partial charge in [-0.3, -0.25) is 4.79 Å². The second-order valence-corrected chi connectivity index (χ2v) is 6.67. The lowest BCUT2D eigenvalue weighted by Crippen LogP contribution is -2.11. The lowest BCUT2D eigenvalue weighted by molar-refractivity contribution is -0.136. The van der Waals surface area contributed by atoms with Gasteiger partial charge in [-0.1, -0.05) is 11.8 Å². The van der Waals surface area contributed by atoms with Gasteiger partial charge in [-0.15, -0.1) is 11.3 Å². The molecule has 18 heavy (non-hydrogen) atoms. The zero-order valence-electron chi connectivity index (χ0n) is 10.6. The number of fused-ring (bicyclic) bond motifs is 1. The molecule has 6 heteroatoms. The number of rotatable bonds is 3. The van der Waals surface area contributed by atoms with Crippen molar-refractivity contribution in [3.05, 3.63) is 16.3 Å². The van der Waals surface area contributed by atoms with Gasteiger partial charge >= 0.3 is 5.97 Å². The lowest BCUT2D eigenvalue weighted by atomic mass is 10.2. The molecule has 0 radical (unpaired) electrons. The Balaban J connectivity index is 2.58. The highest BCUT2D eigenvalue weighted by molar-refractivity contribution is 8.00. The Kier molecular flexibility index (Phi) is 3.59. The summed E-state index contributed by atoms with van der Waals surface area (Å²) in [5.74, 6) is -0.141. The number of aliphatic carboxylic acids is 1. The molecule has 2 heterocycles. The molecule has 96 valence electrons. The molecule has 2 aromatic rings. The summed E-state index contributed by atoms with van der Waals surface area (Å²) in [5.41, 5.74) is 1.15. The number of carboxylic acid groups (broad SMARTS) is 1. The van der Waals surface area contributed by atoms with Gasteiger partial charge in [0.1, 0.15) is 20.9 Å². The maximum atomic E-state index is 11.0. The number of thiophene rings is 1. The van der Waals surface area contributed by atoms with Crippen LogP contribution in [0, 0.1) is 20.8 Å². The van der Waals surface area contributed by atoms with E-state index in [0.29, 0.717) is 5.82 Å². The fourth-order valence-electron chi connectivity index (χ4n) is 1.62. The highest BCUT2D eigenvalue weighted by Gasteiger charge is 2.19. The van der Waals surface area contributed by atoms with Crippen molar-refractivity contribution >= 4 is 39.3 Å². The van der Waals surface area contributed by atoms with Crippen molar-refractivity contribution in [2.75, 3.05) is 0 Å². The fraction of sp³-hybridized carbons (Fsp3) is 0.417. The van der Waals surface area contributed by atoms with Gasteiger partial charge in [-0.25, -0.2) is 9.97 Å².